The van der Waals surface area contributed by atoms with Gasteiger partial charge in [0.05, 0.1) is 16.8 Å². The van der Waals surface area contributed by atoms with Crippen molar-refractivity contribution >= 4 is 38.6 Å². The van der Waals surface area contributed by atoms with Crippen LogP contribution < -0.4 is 4.90 Å². The van der Waals surface area contributed by atoms with Gasteiger partial charge >= 0.3 is 0 Å². The summed E-state index contributed by atoms with van der Waals surface area (Å²) < 4.78 is 0. The highest BCUT2D eigenvalue weighted by molar-refractivity contribution is 6.09. The molecule has 1 heteroatoms. The second kappa shape index (κ2) is 10.9. The molecule has 3 aliphatic rings. The van der Waals surface area contributed by atoms with E-state index in [-0.39, 0.29) is 5.41 Å². The first-order valence-corrected chi connectivity index (χ1v) is 19.4. The lowest BCUT2D eigenvalue weighted by atomic mass is 9.70. The van der Waals surface area contributed by atoms with Gasteiger partial charge in [-0.25, -0.2) is 0 Å². The third-order valence-corrected chi connectivity index (χ3v) is 13.0. The van der Waals surface area contributed by atoms with Gasteiger partial charge in [-0.05, 0) is 101 Å². The van der Waals surface area contributed by atoms with Gasteiger partial charge in [0.2, 0.25) is 0 Å². The Bertz CT molecular complexity index is 3030. The van der Waals surface area contributed by atoms with E-state index in [1.54, 1.807) is 0 Å². The Hall–Kier alpha value is -6.70. The van der Waals surface area contributed by atoms with Crippen LogP contribution >= 0.6 is 0 Å². The SMILES string of the molecule is CC1(C)c2ccccc2-c2c(N(c3ccc4c(ccc5ccccc54)c3)c3cccc4c3C3(c5ccccc5-c5ccccc53)c3ccccc3-4)cccc21. The summed E-state index contributed by atoms with van der Waals surface area (Å²) in [5.41, 5.74) is 18.9. The molecule has 0 saturated carbocycles. The molecule has 0 heterocycles. The third kappa shape index (κ3) is 3.87. The lowest BCUT2D eigenvalue weighted by molar-refractivity contribution is 0.660. The van der Waals surface area contributed by atoms with E-state index in [9.17, 15) is 0 Å². The van der Waals surface area contributed by atoms with E-state index >= 15 is 0 Å². The number of hydrogen-bond acceptors (Lipinski definition) is 1. The second-order valence-corrected chi connectivity index (χ2v) is 16.0. The summed E-state index contributed by atoms with van der Waals surface area (Å²) in [7, 11) is 0. The van der Waals surface area contributed by atoms with E-state index < -0.39 is 5.41 Å². The van der Waals surface area contributed by atoms with Crippen molar-refractivity contribution in [3.63, 3.8) is 0 Å². The summed E-state index contributed by atoms with van der Waals surface area (Å²) >= 11 is 0. The Labute approximate surface area is 321 Å². The van der Waals surface area contributed by atoms with Gasteiger partial charge in [0.15, 0.2) is 0 Å². The fraction of sp³-hybridized carbons (Fsp3) is 0.0741. The van der Waals surface area contributed by atoms with Gasteiger partial charge in [-0.3, -0.25) is 0 Å². The van der Waals surface area contributed by atoms with Gasteiger partial charge in [-0.15, -0.1) is 0 Å². The number of anilines is 3. The van der Waals surface area contributed by atoms with Crippen LogP contribution in [0, 0.1) is 0 Å². The Morgan fingerprint density at radius 3 is 1.60 bits per heavy atom. The molecule has 0 unspecified atom stereocenters. The van der Waals surface area contributed by atoms with Crippen molar-refractivity contribution < 1.29 is 0 Å². The van der Waals surface area contributed by atoms with E-state index in [0.717, 1.165) is 5.69 Å². The molecular formula is C54H37N. The molecule has 9 aromatic rings. The van der Waals surface area contributed by atoms with Crippen LogP contribution in [0.5, 0.6) is 0 Å². The Kier molecular flexibility index (Phi) is 6.11. The van der Waals surface area contributed by atoms with Crippen molar-refractivity contribution in [3.8, 4) is 33.4 Å². The molecule has 0 aliphatic heterocycles. The summed E-state index contributed by atoms with van der Waals surface area (Å²) in [4.78, 5) is 2.60. The van der Waals surface area contributed by atoms with Crippen molar-refractivity contribution in [3.05, 3.63) is 221 Å². The van der Waals surface area contributed by atoms with Crippen molar-refractivity contribution in [2.45, 2.75) is 24.7 Å². The molecule has 0 bridgehead atoms. The zero-order valence-corrected chi connectivity index (χ0v) is 30.8. The van der Waals surface area contributed by atoms with Crippen molar-refractivity contribution in [2.24, 2.45) is 0 Å². The minimum Gasteiger partial charge on any atom is -0.309 e. The monoisotopic (exact) mass is 699 g/mol. The molecule has 0 atom stereocenters. The number of hydrogen-bond donors (Lipinski definition) is 0. The van der Waals surface area contributed by atoms with Crippen molar-refractivity contribution in [2.75, 3.05) is 4.90 Å². The highest BCUT2D eigenvalue weighted by atomic mass is 15.2. The smallest absolute Gasteiger partial charge is 0.0746 e. The summed E-state index contributed by atoms with van der Waals surface area (Å²) in [5, 5.41) is 5.05. The minimum atomic E-state index is -0.490. The minimum absolute atomic E-state index is 0.130. The Morgan fingerprint density at radius 1 is 0.364 bits per heavy atom. The molecule has 0 N–H and O–H groups in total. The maximum atomic E-state index is 2.60. The van der Waals surface area contributed by atoms with Crippen molar-refractivity contribution in [1.82, 2.24) is 0 Å². The molecule has 1 spiro atoms. The number of nitrogens with zero attached hydrogens (tertiary/aromatic N) is 1. The molecule has 258 valence electrons. The van der Waals surface area contributed by atoms with Gasteiger partial charge in [-0.1, -0.05) is 178 Å². The predicted molar refractivity (Wildman–Crippen MR) is 230 cm³/mol. The largest absolute Gasteiger partial charge is 0.309 e. The van der Waals surface area contributed by atoms with Crippen molar-refractivity contribution in [1.29, 1.82) is 0 Å². The summed E-state index contributed by atoms with van der Waals surface area (Å²) in [6.45, 7) is 4.76. The van der Waals surface area contributed by atoms with Crippen LogP contribution in [-0.4, -0.2) is 0 Å². The van der Waals surface area contributed by atoms with Gasteiger partial charge in [0.1, 0.15) is 0 Å². The number of rotatable bonds is 3. The first-order chi connectivity index (χ1) is 27.1. The van der Waals surface area contributed by atoms with Crippen LogP contribution in [0.3, 0.4) is 0 Å². The van der Waals surface area contributed by atoms with Gasteiger partial charge in [0, 0.05) is 22.2 Å². The molecule has 55 heavy (non-hydrogen) atoms. The molecule has 0 radical (unpaired) electrons. The lowest BCUT2D eigenvalue weighted by Crippen LogP contribution is -2.28. The molecule has 0 aromatic heterocycles. The topological polar surface area (TPSA) is 3.24 Å². The molecule has 0 fully saturated rings. The van der Waals surface area contributed by atoms with Crippen LogP contribution in [-0.2, 0) is 10.8 Å². The fourth-order valence-corrected chi connectivity index (χ4v) is 10.8. The quantitative estimate of drug-likeness (QED) is 0.166. The molecule has 1 nitrogen and oxygen atoms in total. The van der Waals surface area contributed by atoms with E-state index in [2.05, 4.69) is 207 Å². The second-order valence-electron chi connectivity index (χ2n) is 16.0. The molecule has 9 aromatic carbocycles. The maximum absolute atomic E-state index is 2.60. The normalized spacial score (nSPS) is 14.7. The van der Waals surface area contributed by atoms with E-state index in [0.29, 0.717) is 0 Å². The van der Waals surface area contributed by atoms with Crippen LogP contribution in [0.4, 0.5) is 17.1 Å². The Morgan fingerprint density at radius 2 is 0.873 bits per heavy atom. The summed E-state index contributed by atoms with van der Waals surface area (Å²) in [5.74, 6) is 0. The lowest BCUT2D eigenvalue weighted by Gasteiger charge is -2.36. The zero-order chi connectivity index (χ0) is 36.5. The average Bonchev–Trinajstić information content (AvgIpc) is 3.80. The highest BCUT2D eigenvalue weighted by Crippen LogP contribution is 2.66. The molecule has 3 aliphatic carbocycles. The van der Waals surface area contributed by atoms with Gasteiger partial charge < -0.3 is 4.90 Å². The summed E-state index contributed by atoms with van der Waals surface area (Å²) in [6.07, 6.45) is 0. The van der Waals surface area contributed by atoms with Crippen LogP contribution in [0.1, 0.15) is 47.2 Å². The van der Waals surface area contributed by atoms with Crippen LogP contribution in [0.2, 0.25) is 0 Å². The van der Waals surface area contributed by atoms with Gasteiger partial charge in [0.25, 0.3) is 0 Å². The number of fused-ring (bicyclic) bond motifs is 16. The zero-order valence-electron chi connectivity index (χ0n) is 30.8. The molecular weight excluding hydrogens is 663 g/mol. The predicted octanol–water partition coefficient (Wildman–Crippen LogP) is 14.1. The number of benzene rings is 9. The summed E-state index contributed by atoms with van der Waals surface area (Å²) in [6, 6.07) is 70.8. The van der Waals surface area contributed by atoms with Crippen LogP contribution in [0.25, 0.3) is 54.9 Å². The van der Waals surface area contributed by atoms with Gasteiger partial charge in [-0.2, -0.15) is 0 Å². The maximum Gasteiger partial charge on any atom is 0.0746 e. The standard InChI is InChI=1S/C54H37N/c1-53(2)44-22-9-8-20-43(44)51-48(53)26-14-27-49(51)55(36-31-32-38-35(33-36)30-29-34-15-3-4-16-37(34)38)50-28-13-21-42-41-19-7-12-25-47(41)54(52(42)50)45-23-10-5-17-39(45)40-18-6-11-24-46(40)54/h3-33H,1-2H3. The Balaban J connectivity index is 1.22. The van der Waals surface area contributed by atoms with E-state index in [1.807, 2.05) is 0 Å². The highest BCUT2D eigenvalue weighted by Gasteiger charge is 2.53. The first kappa shape index (κ1) is 30.7. The van der Waals surface area contributed by atoms with E-state index in [4.69, 9.17) is 0 Å². The molecule has 12 rings (SSSR count). The fourth-order valence-electron chi connectivity index (χ4n) is 10.8. The van der Waals surface area contributed by atoms with E-state index in [1.165, 1.54) is 99.7 Å². The van der Waals surface area contributed by atoms with Crippen LogP contribution in [0.15, 0.2) is 188 Å². The third-order valence-electron chi connectivity index (χ3n) is 13.0. The molecule has 0 saturated heterocycles. The first-order valence-electron chi connectivity index (χ1n) is 19.4. The molecule has 0 amide bonds. The average molecular weight is 700 g/mol.